The Morgan fingerprint density at radius 1 is 0.357 bits per heavy atom. The van der Waals surface area contributed by atoms with E-state index >= 15 is 0 Å². The third-order valence-corrected chi connectivity index (χ3v) is 20.7. The lowest BCUT2D eigenvalue weighted by Crippen LogP contribution is -2.21. The molecule has 0 aliphatic heterocycles. The summed E-state index contributed by atoms with van der Waals surface area (Å²) in [7, 11) is 0. The van der Waals surface area contributed by atoms with Crippen LogP contribution in [0, 0.1) is 19.7 Å². The van der Waals surface area contributed by atoms with Gasteiger partial charge >= 0.3 is 0 Å². The quantitative estimate of drug-likeness (QED) is 0.118. The van der Waals surface area contributed by atoms with Crippen LogP contribution in [-0.4, -0.2) is 39.9 Å². The van der Waals surface area contributed by atoms with E-state index in [0.717, 1.165) is 71.8 Å². The van der Waals surface area contributed by atoms with Gasteiger partial charge in [-0.25, -0.2) is 14.4 Å². The Labute approximate surface area is 670 Å². The molecule has 0 spiro atoms. The van der Waals surface area contributed by atoms with Crippen LogP contribution in [0.25, 0.3) is 99.4 Å². The molecule has 16 rings (SSSR count). The SMILES string of the molecule is CC(C)(C)c1cc2[nH]ccc2cc1Cl.CC(C)(C)c1cc2[nH]ccc2cc1F.CC(C)(C)c1cc2cc[nH]c2cc1C(C)(C)C.CC(C)(C)c1cc2ccccc2cn1.CC(C)(C)c1ccc2nc(-c3ccccc3)[nH]c2c1.Cc1c[nH]c2cccc(C(C)(C)C)c12.Cc1ccccc1-c1nc2cc(C(C)(C)C)ccc2o1. The molecule has 0 bridgehead atoms. The van der Waals surface area contributed by atoms with Crippen molar-refractivity contribution in [2.75, 3.05) is 0 Å². The molecule has 0 saturated heterocycles. The number of nitrogens with zero attached hydrogens (tertiary/aromatic N) is 3. The van der Waals surface area contributed by atoms with Crippen molar-refractivity contribution in [3.8, 4) is 22.8 Å². The van der Waals surface area contributed by atoms with Gasteiger partial charge in [0, 0.05) is 102 Å². The van der Waals surface area contributed by atoms with Gasteiger partial charge < -0.3 is 29.3 Å². The van der Waals surface area contributed by atoms with Crippen molar-refractivity contribution < 1.29 is 8.81 Å². The fraction of sp³-hybridized carbons (Fsp3) is 0.337. The van der Waals surface area contributed by atoms with Crippen LogP contribution < -0.4 is 0 Å². The van der Waals surface area contributed by atoms with Crippen molar-refractivity contribution in [1.82, 2.24) is 39.9 Å². The fourth-order valence-corrected chi connectivity index (χ4v) is 14.1. The topological polar surface area (TPSA) is 131 Å². The zero-order valence-corrected chi connectivity index (χ0v) is 72.1. The van der Waals surface area contributed by atoms with Crippen LogP contribution in [0.1, 0.15) is 222 Å². The monoisotopic (exact) mass is 1510 g/mol. The Morgan fingerprint density at radius 3 is 1.44 bits per heavy atom. The van der Waals surface area contributed by atoms with Crippen molar-refractivity contribution in [2.45, 2.75) is 223 Å². The predicted molar refractivity (Wildman–Crippen MR) is 480 cm³/mol. The molecule has 0 aliphatic rings. The number of aryl methyl sites for hydroxylation is 2. The minimum absolute atomic E-state index is 0.0936. The number of aromatic amines is 5. The number of aromatic nitrogens is 8. The first-order chi connectivity index (χ1) is 52.2. The Kier molecular flexibility index (Phi) is 24.9. The number of rotatable bonds is 2. The number of oxazole rings is 1. The van der Waals surface area contributed by atoms with Crippen LogP contribution in [0.5, 0.6) is 0 Å². The maximum absolute atomic E-state index is 13.7. The van der Waals surface area contributed by atoms with E-state index in [-0.39, 0.29) is 49.1 Å². The van der Waals surface area contributed by atoms with Crippen molar-refractivity contribution in [3.05, 3.63) is 292 Å². The highest BCUT2D eigenvalue weighted by Gasteiger charge is 2.27. The first-order valence-corrected chi connectivity index (χ1v) is 39.7. The number of hydrogen-bond acceptors (Lipinski definition) is 4. The number of H-pyrrole nitrogens is 5. The summed E-state index contributed by atoms with van der Waals surface area (Å²) >= 11 is 6.23. The Hall–Kier alpha value is -10.3. The summed E-state index contributed by atoms with van der Waals surface area (Å²) in [5, 5.41) is 8.12. The lowest BCUT2D eigenvalue weighted by atomic mass is 9.75. The maximum atomic E-state index is 13.7. The molecular weight excluding hydrogens is 1400 g/mol. The highest BCUT2D eigenvalue weighted by molar-refractivity contribution is 6.32. The Morgan fingerprint density at radius 2 is 0.866 bits per heavy atom. The average Bonchev–Trinajstić information content (AvgIpc) is 1.42. The minimum Gasteiger partial charge on any atom is -0.436 e. The Balaban J connectivity index is 0.000000139. The second-order valence-electron chi connectivity index (χ2n) is 38.1. The van der Waals surface area contributed by atoms with Gasteiger partial charge in [-0.05, 0) is 210 Å². The van der Waals surface area contributed by atoms with E-state index in [0.29, 0.717) is 5.89 Å². The van der Waals surface area contributed by atoms with Crippen LogP contribution in [-0.2, 0) is 43.3 Å². The van der Waals surface area contributed by atoms with Crippen molar-refractivity contribution >= 4 is 88.1 Å². The van der Waals surface area contributed by atoms with E-state index in [2.05, 4.69) is 321 Å². The lowest BCUT2D eigenvalue weighted by molar-refractivity contribution is 0.524. The predicted octanol–water partition coefficient (Wildman–Crippen LogP) is 29.4. The van der Waals surface area contributed by atoms with Gasteiger partial charge in [-0.15, -0.1) is 0 Å². The number of pyridine rings is 1. The van der Waals surface area contributed by atoms with Crippen LogP contribution in [0.2, 0.25) is 5.02 Å². The molecule has 0 amide bonds. The zero-order valence-electron chi connectivity index (χ0n) is 71.4. The summed E-state index contributed by atoms with van der Waals surface area (Å²) in [6, 6.07) is 66.5. The third kappa shape index (κ3) is 20.9. The molecule has 11 heteroatoms. The molecule has 16 aromatic rings. The molecule has 0 aliphatic carbocycles. The largest absolute Gasteiger partial charge is 0.436 e. The molecule has 0 atom stereocenters. The van der Waals surface area contributed by atoms with Gasteiger partial charge in [0.05, 0.1) is 11.0 Å². The van der Waals surface area contributed by atoms with E-state index in [4.69, 9.17) is 16.0 Å². The number of fused-ring (bicyclic) bond motifs is 7. The number of nitrogens with one attached hydrogen (secondary N) is 5. The molecule has 0 fully saturated rings. The molecule has 112 heavy (non-hydrogen) atoms. The fourth-order valence-electron chi connectivity index (χ4n) is 13.6. The maximum Gasteiger partial charge on any atom is 0.227 e. The first-order valence-electron chi connectivity index (χ1n) is 39.3. The van der Waals surface area contributed by atoms with Crippen molar-refractivity contribution in [1.29, 1.82) is 0 Å². The van der Waals surface area contributed by atoms with E-state index in [1.54, 1.807) is 6.07 Å². The molecule has 7 aromatic heterocycles. The number of benzene rings is 9. The summed E-state index contributed by atoms with van der Waals surface area (Å²) in [4.78, 5) is 30.1. The standard InChI is InChI=1S/C18H19NO.C17H18N2.C16H23N.C13H17N.C13H15N.C12H14ClN.C12H14FN/c1-12-7-5-6-8-14(12)17-19-15-11-13(18(2,3)4)9-10-16(15)20-17;1-17(2,3)13-9-10-14-15(11-13)19-16(18-14)12-7-5-4-6-8-12;1-15(2,3)12-9-11-7-8-17-14(11)10-13(12)16(4,5)6;1-9-8-14-11-7-5-6-10(12(9)11)13(2,3)4;1-13(2,3)12-8-10-6-4-5-7-11(10)9-14-12;2*1-12(2,3)9-7-11-8(4-5-14-11)6-10(9)13/h5-11H,1-4H3;4-11H,1-3H3,(H,18,19);7-10,17H,1-6H3;5-8,14H,1-4H3;4-9H,1-3H3;2*4-7,14H,1-3H3. The van der Waals surface area contributed by atoms with E-state index in [1.165, 1.54) is 82.5 Å². The molecule has 9 aromatic carbocycles. The zero-order chi connectivity index (χ0) is 81.8. The van der Waals surface area contributed by atoms with Crippen LogP contribution in [0.15, 0.2) is 230 Å². The van der Waals surface area contributed by atoms with Gasteiger partial charge in [-0.3, -0.25) is 4.98 Å². The molecule has 9 nitrogen and oxygen atoms in total. The molecule has 584 valence electrons. The minimum atomic E-state index is -0.149. The number of imidazole rings is 1. The molecule has 0 radical (unpaired) electrons. The molecule has 0 unspecified atom stereocenters. The van der Waals surface area contributed by atoms with Crippen LogP contribution in [0.4, 0.5) is 4.39 Å². The van der Waals surface area contributed by atoms with E-state index < -0.39 is 0 Å². The average molecular weight is 1520 g/mol. The van der Waals surface area contributed by atoms with Gasteiger partial charge in [0.25, 0.3) is 0 Å². The van der Waals surface area contributed by atoms with Gasteiger partial charge in [-0.1, -0.05) is 275 Å². The van der Waals surface area contributed by atoms with E-state index in [9.17, 15) is 4.39 Å². The molecular formula is C101H120ClFN8O. The molecule has 7 heterocycles. The summed E-state index contributed by atoms with van der Waals surface area (Å²) in [6.07, 6.45) is 9.82. The first kappa shape index (κ1) is 84.2. The van der Waals surface area contributed by atoms with Gasteiger partial charge in [-0.2, -0.15) is 0 Å². The smallest absolute Gasteiger partial charge is 0.227 e. The lowest BCUT2D eigenvalue weighted by Gasteiger charge is -2.30. The molecule has 5 N–H and O–H groups in total. The van der Waals surface area contributed by atoms with E-state index in [1.807, 2.05) is 118 Å². The van der Waals surface area contributed by atoms with Crippen molar-refractivity contribution in [3.63, 3.8) is 0 Å². The number of halogens is 2. The highest BCUT2D eigenvalue weighted by Crippen LogP contribution is 2.39. The summed E-state index contributed by atoms with van der Waals surface area (Å²) in [6.45, 7) is 57.1. The summed E-state index contributed by atoms with van der Waals surface area (Å²) in [5.74, 6) is 1.51. The normalized spacial score (nSPS) is 12.3. The third-order valence-electron chi connectivity index (χ3n) is 20.3. The second kappa shape index (κ2) is 33.2. The summed E-state index contributed by atoms with van der Waals surface area (Å²) in [5.41, 5.74) is 24.2. The van der Waals surface area contributed by atoms with Gasteiger partial charge in [0.15, 0.2) is 5.58 Å². The summed E-state index contributed by atoms with van der Waals surface area (Å²) < 4.78 is 19.6. The highest BCUT2D eigenvalue weighted by atomic mass is 35.5. The van der Waals surface area contributed by atoms with Crippen LogP contribution >= 0.6 is 11.6 Å². The van der Waals surface area contributed by atoms with Crippen molar-refractivity contribution in [2.24, 2.45) is 0 Å². The molecule has 0 saturated carbocycles. The number of hydrogen-bond donors (Lipinski definition) is 5. The van der Waals surface area contributed by atoms with Gasteiger partial charge in [0.2, 0.25) is 5.89 Å². The Bertz CT molecular complexity index is 5720. The second-order valence-corrected chi connectivity index (χ2v) is 38.5. The van der Waals surface area contributed by atoms with Gasteiger partial charge in [0.1, 0.15) is 17.2 Å². The van der Waals surface area contributed by atoms with Crippen LogP contribution in [0.3, 0.4) is 0 Å².